The van der Waals surface area contributed by atoms with Crippen LogP contribution < -0.4 is 0 Å². The molecule has 0 saturated carbocycles. The van der Waals surface area contributed by atoms with E-state index < -0.39 is 6.10 Å². The van der Waals surface area contributed by atoms with Gasteiger partial charge in [-0.1, -0.05) is 250 Å². The van der Waals surface area contributed by atoms with Crippen molar-refractivity contribution in [3.63, 3.8) is 0 Å². The van der Waals surface area contributed by atoms with Gasteiger partial charge in [0.2, 0.25) is 0 Å². The summed E-state index contributed by atoms with van der Waals surface area (Å²) >= 11 is 0. The van der Waals surface area contributed by atoms with Crippen LogP contribution in [0, 0.1) is 0 Å². The van der Waals surface area contributed by atoms with E-state index in [0.717, 1.165) is 89.9 Å². The minimum absolute atomic E-state index is 0.00692. The van der Waals surface area contributed by atoms with Crippen molar-refractivity contribution < 1.29 is 23.8 Å². The Morgan fingerprint density at radius 2 is 0.632 bits per heavy atom. The van der Waals surface area contributed by atoms with E-state index in [4.69, 9.17) is 14.2 Å². The number of carbonyl (C=O) groups excluding carboxylic acids is 2. The highest BCUT2D eigenvalue weighted by Gasteiger charge is 2.17. The van der Waals surface area contributed by atoms with Crippen LogP contribution in [-0.4, -0.2) is 37.9 Å². The first-order chi connectivity index (χ1) is 33.6. The fraction of sp³-hybridized carbons (Fsp3) is 0.587. The largest absolute Gasteiger partial charge is 0.462 e. The lowest BCUT2D eigenvalue weighted by molar-refractivity contribution is -0.162. The second-order valence-electron chi connectivity index (χ2n) is 17.4. The van der Waals surface area contributed by atoms with Gasteiger partial charge < -0.3 is 14.2 Å². The Bertz CT molecular complexity index is 1480. The molecule has 0 aromatic rings. The average Bonchev–Trinajstić information content (AvgIpc) is 3.34. The van der Waals surface area contributed by atoms with Gasteiger partial charge in [-0.2, -0.15) is 0 Å². The molecule has 0 radical (unpaired) electrons. The highest BCUT2D eigenvalue weighted by atomic mass is 16.6. The summed E-state index contributed by atoms with van der Waals surface area (Å²) in [5, 5.41) is 0. The maximum absolute atomic E-state index is 12.8. The molecule has 5 nitrogen and oxygen atoms in total. The van der Waals surface area contributed by atoms with Crippen LogP contribution in [0.2, 0.25) is 0 Å². The first kappa shape index (κ1) is 63.8. The number of hydrogen-bond donors (Lipinski definition) is 0. The average molecular weight is 937 g/mol. The number of allylic oxidation sites excluding steroid dienone is 24. The van der Waals surface area contributed by atoms with Gasteiger partial charge in [-0.15, -0.1) is 0 Å². The van der Waals surface area contributed by atoms with E-state index in [9.17, 15) is 9.59 Å². The van der Waals surface area contributed by atoms with Crippen molar-refractivity contribution >= 4 is 11.9 Å². The molecule has 382 valence electrons. The van der Waals surface area contributed by atoms with Crippen molar-refractivity contribution in [3.8, 4) is 0 Å². The minimum atomic E-state index is -0.616. The van der Waals surface area contributed by atoms with E-state index in [-0.39, 0.29) is 38.0 Å². The first-order valence-electron chi connectivity index (χ1n) is 27.4. The molecule has 0 spiro atoms. The zero-order valence-corrected chi connectivity index (χ0v) is 43.8. The minimum Gasteiger partial charge on any atom is -0.462 e. The molecule has 0 amide bonds. The summed E-state index contributed by atoms with van der Waals surface area (Å²) in [6, 6.07) is 0. The normalized spacial score (nSPS) is 13.4. The molecule has 68 heavy (non-hydrogen) atoms. The summed E-state index contributed by atoms with van der Waals surface area (Å²) in [6.07, 6.45) is 83.1. The van der Waals surface area contributed by atoms with Gasteiger partial charge in [0.15, 0.2) is 6.10 Å². The zero-order valence-electron chi connectivity index (χ0n) is 43.8. The third-order valence-corrected chi connectivity index (χ3v) is 10.9. The third kappa shape index (κ3) is 54.4. The number of unbranched alkanes of at least 4 members (excludes halogenated alkanes) is 13. The summed E-state index contributed by atoms with van der Waals surface area (Å²) in [5.74, 6) is -0.598. The molecule has 0 N–H and O–H groups in total. The molecule has 0 fully saturated rings. The Hall–Kier alpha value is -4.22. The van der Waals surface area contributed by atoms with Crippen molar-refractivity contribution in [3.05, 3.63) is 146 Å². The number of esters is 2. The molecule has 1 unspecified atom stereocenters. The van der Waals surface area contributed by atoms with Crippen molar-refractivity contribution in [2.24, 2.45) is 0 Å². The van der Waals surface area contributed by atoms with E-state index in [1.807, 2.05) is 12.2 Å². The Kier molecular flexibility index (Phi) is 53.6. The maximum atomic E-state index is 12.8. The molecular formula is C63H100O5. The molecule has 0 heterocycles. The molecular weight excluding hydrogens is 837 g/mol. The summed E-state index contributed by atoms with van der Waals surface area (Å²) in [5.41, 5.74) is 0. The molecule has 0 aliphatic rings. The maximum Gasteiger partial charge on any atom is 0.306 e. The summed E-state index contributed by atoms with van der Waals surface area (Å²) in [4.78, 5) is 25.4. The van der Waals surface area contributed by atoms with E-state index in [2.05, 4.69) is 154 Å². The van der Waals surface area contributed by atoms with E-state index >= 15 is 0 Å². The van der Waals surface area contributed by atoms with Crippen molar-refractivity contribution in [2.45, 2.75) is 219 Å². The topological polar surface area (TPSA) is 61.8 Å². The molecule has 0 aromatic heterocycles. The lowest BCUT2D eigenvalue weighted by Crippen LogP contribution is -2.30. The fourth-order valence-electron chi connectivity index (χ4n) is 6.91. The Morgan fingerprint density at radius 3 is 0.971 bits per heavy atom. The smallest absolute Gasteiger partial charge is 0.306 e. The van der Waals surface area contributed by atoms with Gasteiger partial charge in [0.05, 0.1) is 6.61 Å². The van der Waals surface area contributed by atoms with Crippen molar-refractivity contribution in [1.29, 1.82) is 0 Å². The van der Waals surface area contributed by atoms with E-state index in [1.54, 1.807) is 0 Å². The lowest BCUT2D eigenvalue weighted by atomic mass is 10.0. The molecule has 0 saturated heterocycles. The van der Waals surface area contributed by atoms with Crippen LogP contribution in [0.1, 0.15) is 213 Å². The van der Waals surface area contributed by atoms with Gasteiger partial charge in [-0.05, 0) is 96.3 Å². The molecule has 1 atom stereocenters. The first-order valence-corrected chi connectivity index (χ1v) is 27.4. The van der Waals surface area contributed by atoms with Crippen LogP contribution in [0.15, 0.2) is 146 Å². The predicted molar refractivity (Wildman–Crippen MR) is 297 cm³/mol. The quantitative estimate of drug-likeness (QED) is 0.0346. The highest BCUT2D eigenvalue weighted by molar-refractivity contribution is 5.70. The number of hydrogen-bond acceptors (Lipinski definition) is 5. The molecule has 0 aliphatic heterocycles. The van der Waals surface area contributed by atoms with E-state index in [0.29, 0.717) is 19.4 Å². The van der Waals surface area contributed by atoms with Gasteiger partial charge >= 0.3 is 11.9 Å². The van der Waals surface area contributed by atoms with E-state index in [1.165, 1.54) is 77.0 Å². The fourth-order valence-corrected chi connectivity index (χ4v) is 6.91. The molecule has 0 rings (SSSR count). The predicted octanol–water partition coefficient (Wildman–Crippen LogP) is 18.9. The SMILES string of the molecule is CC/C=C\C/C=C\C/C=C\C/C=C\C/C=C\C/C=C\CCC(=O)OCC(COCCCCCCCCCCCCCCCC)OC(=O)CC/C=C\C/C=C\C/C=C\C/C=C\C/C=C\C/C=C\CC. The van der Waals surface area contributed by atoms with Crippen LogP contribution in [0.3, 0.4) is 0 Å². The summed E-state index contributed by atoms with van der Waals surface area (Å²) in [6.45, 7) is 7.43. The van der Waals surface area contributed by atoms with Gasteiger partial charge in [-0.25, -0.2) is 0 Å². The van der Waals surface area contributed by atoms with Crippen LogP contribution in [-0.2, 0) is 23.8 Å². The zero-order chi connectivity index (χ0) is 49.2. The lowest BCUT2D eigenvalue weighted by Gasteiger charge is -2.18. The number of rotatable bonds is 48. The third-order valence-electron chi connectivity index (χ3n) is 10.9. The van der Waals surface area contributed by atoms with Gasteiger partial charge in [0.1, 0.15) is 6.61 Å². The number of carbonyl (C=O) groups is 2. The monoisotopic (exact) mass is 937 g/mol. The molecule has 0 aromatic carbocycles. The van der Waals surface area contributed by atoms with Gasteiger partial charge in [-0.3, -0.25) is 9.59 Å². The highest BCUT2D eigenvalue weighted by Crippen LogP contribution is 2.13. The van der Waals surface area contributed by atoms with Crippen LogP contribution >= 0.6 is 0 Å². The van der Waals surface area contributed by atoms with Gasteiger partial charge in [0.25, 0.3) is 0 Å². The Balaban J connectivity index is 4.53. The summed E-state index contributed by atoms with van der Waals surface area (Å²) in [7, 11) is 0. The second-order valence-corrected chi connectivity index (χ2v) is 17.4. The molecule has 5 heteroatoms. The molecule has 0 aliphatic carbocycles. The Labute approximate surface area is 419 Å². The van der Waals surface area contributed by atoms with Crippen LogP contribution in [0.5, 0.6) is 0 Å². The summed E-state index contributed by atoms with van der Waals surface area (Å²) < 4.78 is 17.3. The van der Waals surface area contributed by atoms with Gasteiger partial charge in [0, 0.05) is 19.4 Å². The second kappa shape index (κ2) is 57.1. The Morgan fingerprint density at radius 1 is 0.338 bits per heavy atom. The van der Waals surface area contributed by atoms with Crippen molar-refractivity contribution in [2.75, 3.05) is 19.8 Å². The standard InChI is InChI=1S/C63H100O5/c1-4-7-10-13-16-19-22-25-28-30-32-34-36-38-41-44-47-50-53-56-62(64)67-60-61(59-66-58-55-52-49-46-43-40-27-24-21-18-15-12-9-6-3)68-63(65)57-54-51-48-45-42-39-37-35-33-31-29-26-23-20-17-14-11-8-5-2/h7-8,10-11,16-17,19-20,25-26,28-29,32-35,38-39,41-42,47-48,50-51,61H,4-6,9,12-15,18,21-24,27,30-31,36-37,40,43-46,49,52-60H2,1-3H3/b10-7-,11-8-,19-16-,20-17-,28-25-,29-26-,34-32-,35-33-,41-38-,42-39-,50-47-,51-48-. The van der Waals surface area contributed by atoms with Crippen LogP contribution in [0.25, 0.3) is 0 Å². The molecule has 0 bridgehead atoms. The van der Waals surface area contributed by atoms with Crippen molar-refractivity contribution in [1.82, 2.24) is 0 Å². The van der Waals surface area contributed by atoms with Crippen LogP contribution in [0.4, 0.5) is 0 Å². The number of ether oxygens (including phenoxy) is 3.